The minimum atomic E-state index is -0.398. The lowest BCUT2D eigenvalue weighted by molar-refractivity contribution is 0.102. The van der Waals surface area contributed by atoms with Gasteiger partial charge in [0.25, 0.3) is 5.91 Å². The number of hydrogen-bond donors (Lipinski definition) is 1. The molecule has 3 aromatic rings. The van der Waals surface area contributed by atoms with Gasteiger partial charge >= 0.3 is 0 Å². The van der Waals surface area contributed by atoms with Crippen molar-refractivity contribution < 1.29 is 9.18 Å². The lowest BCUT2D eigenvalue weighted by Crippen LogP contribution is -2.13. The van der Waals surface area contributed by atoms with Crippen LogP contribution in [0.25, 0.3) is 11.4 Å². The van der Waals surface area contributed by atoms with E-state index >= 15 is 0 Å². The van der Waals surface area contributed by atoms with Crippen LogP contribution in [0.3, 0.4) is 0 Å². The molecule has 1 amide bonds. The number of anilines is 1. The highest BCUT2D eigenvalue weighted by Crippen LogP contribution is 2.25. The Hall–Kier alpha value is -2.50. The summed E-state index contributed by atoms with van der Waals surface area (Å²) in [4.78, 5) is 20.5. The van der Waals surface area contributed by atoms with E-state index in [2.05, 4.69) is 15.3 Å². The largest absolute Gasteiger partial charge is 0.321 e. The summed E-state index contributed by atoms with van der Waals surface area (Å²) >= 11 is 11.8. The zero-order chi connectivity index (χ0) is 17.1. The average Bonchev–Trinajstić information content (AvgIpc) is 2.58. The van der Waals surface area contributed by atoms with Gasteiger partial charge in [-0.05, 0) is 42.5 Å². The third kappa shape index (κ3) is 3.69. The summed E-state index contributed by atoms with van der Waals surface area (Å²) < 4.78 is 12.9. The predicted octanol–water partition coefficient (Wildman–Crippen LogP) is 4.84. The van der Waals surface area contributed by atoms with E-state index in [9.17, 15) is 9.18 Å². The maximum atomic E-state index is 12.9. The van der Waals surface area contributed by atoms with E-state index in [-0.39, 0.29) is 11.4 Å². The molecule has 0 atom stereocenters. The smallest absolute Gasteiger partial charge is 0.258 e. The second-order valence-electron chi connectivity index (χ2n) is 4.88. The number of nitrogens with one attached hydrogen (secondary N) is 1. The van der Waals surface area contributed by atoms with Crippen LogP contribution in [0.1, 0.15) is 10.4 Å². The number of halogens is 3. The Bertz CT molecular complexity index is 883. The van der Waals surface area contributed by atoms with Crippen LogP contribution in [0, 0.1) is 5.82 Å². The number of hydrogen-bond acceptors (Lipinski definition) is 3. The Kier molecular flexibility index (Phi) is 4.74. The summed E-state index contributed by atoms with van der Waals surface area (Å²) in [5, 5.41) is 3.47. The van der Waals surface area contributed by atoms with Gasteiger partial charge in [-0.25, -0.2) is 14.4 Å². The third-order valence-corrected chi connectivity index (χ3v) is 3.74. The molecule has 0 aliphatic carbocycles. The first kappa shape index (κ1) is 16.4. The summed E-state index contributed by atoms with van der Waals surface area (Å²) in [6.45, 7) is 0. The van der Waals surface area contributed by atoms with Crippen molar-refractivity contribution in [3.05, 3.63) is 76.3 Å². The molecule has 0 aliphatic rings. The highest BCUT2D eigenvalue weighted by Gasteiger charge is 2.11. The lowest BCUT2D eigenvalue weighted by atomic mass is 10.2. The molecule has 24 heavy (non-hydrogen) atoms. The SMILES string of the molecule is O=C(Nc1ccc(Cl)cc1Cl)c1cnc(-c2ccc(F)cc2)nc1. The Labute approximate surface area is 147 Å². The third-order valence-electron chi connectivity index (χ3n) is 3.20. The van der Waals surface area contributed by atoms with E-state index < -0.39 is 5.91 Å². The van der Waals surface area contributed by atoms with Crippen LogP contribution in [0.15, 0.2) is 54.9 Å². The van der Waals surface area contributed by atoms with Gasteiger partial charge in [0, 0.05) is 23.0 Å². The fraction of sp³-hybridized carbons (Fsp3) is 0. The number of benzene rings is 2. The van der Waals surface area contributed by atoms with Gasteiger partial charge in [0.15, 0.2) is 5.82 Å². The molecule has 4 nitrogen and oxygen atoms in total. The minimum absolute atomic E-state index is 0.270. The van der Waals surface area contributed by atoms with Crippen LogP contribution in [0.2, 0.25) is 10.0 Å². The van der Waals surface area contributed by atoms with Crippen LogP contribution < -0.4 is 5.32 Å². The van der Waals surface area contributed by atoms with Gasteiger partial charge in [0.2, 0.25) is 0 Å². The van der Waals surface area contributed by atoms with Gasteiger partial charge in [-0.15, -0.1) is 0 Å². The maximum Gasteiger partial charge on any atom is 0.258 e. The second kappa shape index (κ2) is 6.95. The van der Waals surface area contributed by atoms with Gasteiger partial charge in [0.1, 0.15) is 5.82 Å². The van der Waals surface area contributed by atoms with Gasteiger partial charge in [-0.1, -0.05) is 23.2 Å². The fourth-order valence-corrected chi connectivity index (χ4v) is 2.43. The maximum absolute atomic E-state index is 12.9. The van der Waals surface area contributed by atoms with E-state index in [1.54, 1.807) is 24.3 Å². The standard InChI is InChI=1S/C17H10Cl2FN3O/c18-12-3-6-15(14(19)7-12)23-17(24)11-8-21-16(22-9-11)10-1-4-13(20)5-2-10/h1-9H,(H,23,24). The van der Waals surface area contributed by atoms with Crippen molar-refractivity contribution in [2.75, 3.05) is 5.32 Å². The van der Waals surface area contributed by atoms with Crippen molar-refractivity contribution in [2.24, 2.45) is 0 Å². The second-order valence-corrected chi connectivity index (χ2v) is 5.72. The molecule has 0 unspecified atom stereocenters. The first-order valence-electron chi connectivity index (χ1n) is 6.87. The molecule has 0 fully saturated rings. The predicted molar refractivity (Wildman–Crippen MR) is 91.8 cm³/mol. The van der Waals surface area contributed by atoms with Crippen molar-refractivity contribution in [1.29, 1.82) is 0 Å². The molecular formula is C17H10Cl2FN3O. The number of carbonyl (C=O) groups is 1. The molecule has 7 heteroatoms. The molecule has 0 spiro atoms. The van der Waals surface area contributed by atoms with Crippen LogP contribution in [-0.4, -0.2) is 15.9 Å². The Balaban J connectivity index is 1.77. The van der Waals surface area contributed by atoms with E-state index in [4.69, 9.17) is 23.2 Å². The topological polar surface area (TPSA) is 54.9 Å². The summed E-state index contributed by atoms with van der Waals surface area (Å²) in [7, 11) is 0. The van der Waals surface area contributed by atoms with Crippen molar-refractivity contribution in [1.82, 2.24) is 9.97 Å². The number of nitrogens with zero attached hydrogens (tertiary/aromatic N) is 2. The molecule has 0 saturated carbocycles. The Morgan fingerprint density at radius 2 is 1.67 bits per heavy atom. The Morgan fingerprint density at radius 3 is 2.29 bits per heavy atom. The molecule has 120 valence electrons. The van der Waals surface area contributed by atoms with Crippen molar-refractivity contribution in [3.63, 3.8) is 0 Å². The van der Waals surface area contributed by atoms with Crippen LogP contribution in [0.5, 0.6) is 0 Å². The summed E-state index contributed by atoms with van der Waals surface area (Å²) in [6.07, 6.45) is 2.79. The monoisotopic (exact) mass is 361 g/mol. The molecule has 0 aliphatic heterocycles. The van der Waals surface area contributed by atoms with Gasteiger partial charge in [-0.2, -0.15) is 0 Å². The zero-order valence-corrected chi connectivity index (χ0v) is 13.6. The highest BCUT2D eigenvalue weighted by atomic mass is 35.5. The summed E-state index contributed by atoms with van der Waals surface area (Å²) in [6, 6.07) is 10.5. The number of amides is 1. The van der Waals surface area contributed by atoms with E-state index in [0.717, 1.165) is 0 Å². The molecule has 2 aromatic carbocycles. The van der Waals surface area contributed by atoms with Gasteiger partial charge in [0.05, 0.1) is 16.3 Å². The van der Waals surface area contributed by atoms with Crippen LogP contribution in [-0.2, 0) is 0 Å². The molecular weight excluding hydrogens is 352 g/mol. The summed E-state index contributed by atoms with van der Waals surface area (Å²) in [5.41, 5.74) is 1.37. The first-order chi connectivity index (χ1) is 11.5. The number of aromatic nitrogens is 2. The molecule has 1 N–H and O–H groups in total. The van der Waals surface area contributed by atoms with Crippen molar-refractivity contribution >= 4 is 34.8 Å². The van der Waals surface area contributed by atoms with Crippen molar-refractivity contribution in [2.45, 2.75) is 0 Å². The summed E-state index contributed by atoms with van der Waals surface area (Å²) in [5.74, 6) is -0.337. The number of carbonyl (C=O) groups excluding carboxylic acids is 1. The molecule has 0 radical (unpaired) electrons. The normalized spacial score (nSPS) is 10.5. The highest BCUT2D eigenvalue weighted by molar-refractivity contribution is 6.36. The van der Waals surface area contributed by atoms with Crippen LogP contribution >= 0.6 is 23.2 Å². The lowest BCUT2D eigenvalue weighted by Gasteiger charge is -2.07. The average molecular weight is 362 g/mol. The number of rotatable bonds is 3. The van der Waals surface area contributed by atoms with Gasteiger partial charge < -0.3 is 5.32 Å². The molecule has 1 heterocycles. The molecule has 1 aromatic heterocycles. The fourth-order valence-electron chi connectivity index (χ4n) is 1.98. The Morgan fingerprint density at radius 1 is 1.00 bits per heavy atom. The molecule has 0 saturated heterocycles. The quantitative estimate of drug-likeness (QED) is 0.725. The van der Waals surface area contributed by atoms with E-state index in [1.165, 1.54) is 30.6 Å². The minimum Gasteiger partial charge on any atom is -0.321 e. The van der Waals surface area contributed by atoms with E-state index in [0.29, 0.717) is 27.1 Å². The zero-order valence-electron chi connectivity index (χ0n) is 12.1. The molecule has 0 bridgehead atoms. The van der Waals surface area contributed by atoms with Crippen LogP contribution in [0.4, 0.5) is 10.1 Å². The van der Waals surface area contributed by atoms with Gasteiger partial charge in [-0.3, -0.25) is 4.79 Å². The van der Waals surface area contributed by atoms with E-state index in [1.807, 2.05) is 0 Å². The van der Waals surface area contributed by atoms with Crippen molar-refractivity contribution in [3.8, 4) is 11.4 Å². The molecule has 3 rings (SSSR count). The first-order valence-corrected chi connectivity index (χ1v) is 7.63.